The van der Waals surface area contributed by atoms with Gasteiger partial charge in [0.2, 0.25) is 6.29 Å². The number of ether oxygens (including phenoxy) is 2. The second kappa shape index (κ2) is 9.30. The molecule has 0 radical (unpaired) electrons. The molecule has 0 spiro atoms. The highest BCUT2D eigenvalue weighted by atomic mass is 32.1. The number of anilines is 1. The van der Waals surface area contributed by atoms with Gasteiger partial charge in [0.1, 0.15) is 10.5 Å². The lowest BCUT2D eigenvalue weighted by atomic mass is 10.2. The van der Waals surface area contributed by atoms with Gasteiger partial charge in [0.15, 0.2) is 0 Å². The quantitative estimate of drug-likeness (QED) is 0.520. The van der Waals surface area contributed by atoms with Crippen LogP contribution in [-0.4, -0.2) is 61.4 Å². The van der Waals surface area contributed by atoms with Crippen LogP contribution in [0.2, 0.25) is 0 Å². The van der Waals surface area contributed by atoms with Gasteiger partial charge in [-0.25, -0.2) is 14.7 Å². The molecule has 32 heavy (non-hydrogen) atoms. The molecular weight excluding hydrogens is 428 g/mol. The number of esters is 1. The number of hydrogen-bond acceptors (Lipinski definition) is 8. The van der Waals surface area contributed by atoms with Crippen molar-refractivity contribution in [2.75, 3.05) is 38.1 Å². The molecule has 1 aromatic carbocycles. The van der Waals surface area contributed by atoms with E-state index in [1.165, 1.54) is 0 Å². The number of para-hydroxylation sites is 2. The molecule has 8 nitrogen and oxygen atoms in total. The van der Waals surface area contributed by atoms with Gasteiger partial charge in [-0.3, -0.25) is 4.79 Å². The number of piperazine rings is 1. The van der Waals surface area contributed by atoms with E-state index in [-0.39, 0.29) is 6.42 Å². The maximum Gasteiger partial charge on any atom is 0.423 e. The number of hydrogen-bond donors (Lipinski definition) is 0. The molecule has 0 saturated carbocycles. The zero-order valence-corrected chi connectivity index (χ0v) is 19.6. The molecule has 9 heteroatoms. The minimum absolute atomic E-state index is 0.212. The maximum atomic E-state index is 13.5. The largest absolute Gasteiger partial charge is 0.425 e. The first-order valence-electron chi connectivity index (χ1n) is 10.8. The Morgan fingerprint density at radius 3 is 2.59 bits per heavy atom. The smallest absolute Gasteiger partial charge is 0.423 e. The number of aryl methyl sites for hydroxylation is 1. The summed E-state index contributed by atoms with van der Waals surface area (Å²) in [5.74, 6) is 0.334. The Balaban J connectivity index is 1.83. The third kappa shape index (κ3) is 4.49. The fourth-order valence-electron chi connectivity index (χ4n) is 3.84. The summed E-state index contributed by atoms with van der Waals surface area (Å²) in [7, 11) is 2.09. The van der Waals surface area contributed by atoms with Crippen molar-refractivity contribution in [3.8, 4) is 0 Å². The van der Waals surface area contributed by atoms with Crippen molar-refractivity contribution >= 4 is 40.6 Å². The van der Waals surface area contributed by atoms with E-state index in [2.05, 4.69) is 22.9 Å². The molecule has 170 valence electrons. The molecule has 1 aromatic heterocycles. The lowest BCUT2D eigenvalue weighted by Crippen LogP contribution is -2.51. The molecule has 1 unspecified atom stereocenters. The second-order valence-corrected chi connectivity index (χ2v) is 9.16. The minimum Gasteiger partial charge on any atom is -0.425 e. The first kappa shape index (κ1) is 22.3. The van der Waals surface area contributed by atoms with Crippen molar-refractivity contribution in [2.24, 2.45) is 4.99 Å². The van der Waals surface area contributed by atoms with Crippen LogP contribution in [0.15, 0.2) is 35.3 Å². The molecular formula is C23H28N4O4S. The predicted octanol–water partition coefficient (Wildman–Crippen LogP) is 2.58. The molecule has 1 atom stereocenters. The lowest BCUT2D eigenvalue weighted by Gasteiger charge is -2.39. The fourth-order valence-corrected chi connectivity index (χ4v) is 4.72. The van der Waals surface area contributed by atoms with Crippen molar-refractivity contribution in [1.82, 2.24) is 9.80 Å². The molecule has 1 amide bonds. The van der Waals surface area contributed by atoms with Crippen molar-refractivity contribution in [2.45, 2.75) is 33.5 Å². The molecule has 4 rings (SSSR count). The minimum atomic E-state index is -1.00. The zero-order chi connectivity index (χ0) is 22.8. The van der Waals surface area contributed by atoms with Crippen molar-refractivity contribution in [3.63, 3.8) is 0 Å². The number of carbonyl (C=O) groups is 2. The average Bonchev–Trinajstić information content (AvgIpc) is 3.06. The summed E-state index contributed by atoms with van der Waals surface area (Å²) in [5, 5.41) is 0.906. The number of carbonyl (C=O) groups excluding carboxylic acids is 2. The van der Waals surface area contributed by atoms with Crippen LogP contribution in [0.25, 0.3) is 5.82 Å². The van der Waals surface area contributed by atoms with Gasteiger partial charge in [0, 0.05) is 44.4 Å². The van der Waals surface area contributed by atoms with Gasteiger partial charge in [-0.15, -0.1) is 11.3 Å². The Hall–Kier alpha value is -2.91. The van der Waals surface area contributed by atoms with E-state index in [9.17, 15) is 9.59 Å². The van der Waals surface area contributed by atoms with Crippen LogP contribution in [-0.2, 0) is 14.3 Å². The number of thiophene rings is 1. The van der Waals surface area contributed by atoms with Gasteiger partial charge < -0.3 is 19.3 Å². The molecule has 0 N–H and O–H groups in total. The molecule has 0 bridgehead atoms. The van der Waals surface area contributed by atoms with Crippen molar-refractivity contribution in [1.29, 1.82) is 0 Å². The van der Waals surface area contributed by atoms with Crippen LogP contribution < -0.4 is 14.8 Å². The zero-order valence-electron chi connectivity index (χ0n) is 18.8. The number of rotatable bonds is 4. The van der Waals surface area contributed by atoms with Crippen molar-refractivity contribution < 1.29 is 19.1 Å². The van der Waals surface area contributed by atoms with Crippen LogP contribution >= 0.6 is 11.3 Å². The number of amides is 1. The highest BCUT2D eigenvalue weighted by molar-refractivity contribution is 7.09. The Kier molecular flexibility index (Phi) is 6.48. The van der Waals surface area contributed by atoms with Gasteiger partial charge in [-0.05, 0) is 32.2 Å². The SMILES string of the molecule is CCC(=O)OC(C)OC(=O)N1C(N2CCN(C)CC2)=c2cc(C)sc2=Nc2ccccc21. The van der Waals surface area contributed by atoms with E-state index >= 15 is 0 Å². The Morgan fingerprint density at radius 1 is 1.16 bits per heavy atom. The summed E-state index contributed by atoms with van der Waals surface area (Å²) < 4.78 is 11.6. The van der Waals surface area contributed by atoms with Gasteiger partial charge in [0.25, 0.3) is 0 Å². The maximum absolute atomic E-state index is 13.5. The summed E-state index contributed by atoms with van der Waals surface area (Å²) >= 11 is 1.60. The highest BCUT2D eigenvalue weighted by Gasteiger charge is 2.33. The average molecular weight is 457 g/mol. The first-order valence-corrected chi connectivity index (χ1v) is 11.6. The van der Waals surface area contributed by atoms with Crippen LogP contribution in [0.5, 0.6) is 0 Å². The number of nitrogens with zero attached hydrogens (tertiary/aromatic N) is 4. The molecule has 2 aliphatic heterocycles. The van der Waals surface area contributed by atoms with E-state index in [0.29, 0.717) is 11.4 Å². The monoisotopic (exact) mass is 456 g/mol. The Bertz CT molecular complexity index is 1140. The van der Waals surface area contributed by atoms with Crippen LogP contribution in [0.1, 0.15) is 25.1 Å². The van der Waals surface area contributed by atoms with E-state index in [1.807, 2.05) is 31.2 Å². The summed E-state index contributed by atoms with van der Waals surface area (Å²) in [6.07, 6.45) is -1.39. The molecule has 1 saturated heterocycles. The van der Waals surface area contributed by atoms with E-state index in [1.54, 1.807) is 30.1 Å². The fraction of sp³-hybridized carbons (Fsp3) is 0.435. The number of benzene rings is 1. The van der Waals surface area contributed by atoms with Crippen LogP contribution in [0.3, 0.4) is 0 Å². The topological polar surface area (TPSA) is 74.7 Å². The summed E-state index contributed by atoms with van der Waals surface area (Å²) in [5.41, 5.74) is 1.33. The predicted molar refractivity (Wildman–Crippen MR) is 123 cm³/mol. The third-order valence-electron chi connectivity index (χ3n) is 5.47. The summed E-state index contributed by atoms with van der Waals surface area (Å²) in [6, 6.07) is 9.61. The summed E-state index contributed by atoms with van der Waals surface area (Å²) in [4.78, 5) is 37.3. The third-order valence-corrected chi connectivity index (χ3v) is 6.42. The highest BCUT2D eigenvalue weighted by Crippen LogP contribution is 2.34. The number of fused-ring (bicyclic) bond motifs is 2. The normalized spacial score (nSPS) is 17.1. The molecule has 2 aliphatic rings. The standard InChI is InChI=1S/C23H28N4O4S/c1-5-20(28)30-16(3)31-23(29)27-19-9-7-6-8-18(19)24-21-17(14-15(2)32-21)22(27)26-12-10-25(4)11-13-26/h6-9,14,16H,5,10-13H2,1-4H3. The van der Waals surface area contributed by atoms with Gasteiger partial charge in [0.05, 0.1) is 16.6 Å². The Morgan fingerprint density at radius 2 is 1.88 bits per heavy atom. The lowest BCUT2D eigenvalue weighted by molar-refractivity contribution is -0.164. The van der Waals surface area contributed by atoms with Crippen LogP contribution in [0, 0.1) is 6.92 Å². The van der Waals surface area contributed by atoms with Gasteiger partial charge >= 0.3 is 12.1 Å². The second-order valence-electron chi connectivity index (χ2n) is 7.92. The molecule has 3 heterocycles. The molecule has 1 fully saturated rings. The van der Waals surface area contributed by atoms with E-state index in [4.69, 9.17) is 14.5 Å². The number of likely N-dealkylation sites (N-methyl/N-ethyl adjacent to an activating group) is 1. The first-order chi connectivity index (χ1) is 15.4. The van der Waals surface area contributed by atoms with E-state index in [0.717, 1.165) is 46.8 Å². The molecule has 0 aliphatic carbocycles. The van der Waals surface area contributed by atoms with E-state index < -0.39 is 18.4 Å². The Labute approximate surface area is 191 Å². The van der Waals surface area contributed by atoms with Gasteiger partial charge in [-0.1, -0.05) is 19.1 Å². The van der Waals surface area contributed by atoms with Crippen molar-refractivity contribution in [3.05, 3.63) is 45.1 Å². The van der Waals surface area contributed by atoms with Gasteiger partial charge in [-0.2, -0.15) is 0 Å². The van der Waals surface area contributed by atoms with Crippen LogP contribution in [0.4, 0.5) is 16.2 Å². The molecule has 2 aromatic rings. The summed E-state index contributed by atoms with van der Waals surface area (Å²) in [6.45, 7) is 8.59.